The number of amides is 1. The number of pyridine rings is 1. The summed E-state index contributed by atoms with van der Waals surface area (Å²) in [4.78, 5) is 17.4. The number of aromatic amines is 2. The Morgan fingerprint density at radius 1 is 1.21 bits per heavy atom. The third-order valence-electron chi connectivity index (χ3n) is 3.23. The first-order valence-electron chi connectivity index (χ1n) is 6.51. The number of nitrogens with two attached hydrogens (primary N) is 1. The predicted molar refractivity (Wildman–Crippen MR) is 91.3 cm³/mol. The number of hydrogen-bond donors (Lipinski definition) is 3. The molecular formula is C14H9Cl3N5O2+. The largest absolute Gasteiger partial charge is 0.493 e. The van der Waals surface area contributed by atoms with Gasteiger partial charge in [-0.1, -0.05) is 41.4 Å². The molecule has 10 heteroatoms. The van der Waals surface area contributed by atoms with E-state index in [1.165, 1.54) is 0 Å². The molecule has 3 rings (SSSR count). The van der Waals surface area contributed by atoms with Crippen molar-refractivity contribution in [1.29, 1.82) is 0 Å². The molecule has 0 fully saturated rings. The third kappa shape index (κ3) is 2.77. The van der Waals surface area contributed by atoms with Gasteiger partial charge in [0.25, 0.3) is 10.8 Å². The number of anilines is 1. The third-order valence-corrected chi connectivity index (χ3v) is 4.40. The molecule has 0 spiro atoms. The van der Waals surface area contributed by atoms with E-state index >= 15 is 0 Å². The molecule has 0 aliphatic heterocycles. The highest BCUT2D eigenvalue weighted by molar-refractivity contribution is 6.45. The first-order valence-corrected chi connectivity index (χ1v) is 7.64. The SMILES string of the molecule is Nc1c(Cl)c(Cl)[nH+]c(C(=O)N=Nc2c(O)[nH]c3ccccc23)c1Cl. The van der Waals surface area contributed by atoms with Crippen LogP contribution in [0.25, 0.3) is 10.9 Å². The lowest BCUT2D eigenvalue weighted by Crippen LogP contribution is -2.19. The van der Waals surface area contributed by atoms with Gasteiger partial charge >= 0.3 is 5.91 Å². The van der Waals surface area contributed by atoms with Gasteiger partial charge in [-0.3, -0.25) is 4.79 Å². The van der Waals surface area contributed by atoms with Gasteiger partial charge in [0, 0.05) is 5.39 Å². The van der Waals surface area contributed by atoms with E-state index in [0.717, 1.165) is 0 Å². The second-order valence-corrected chi connectivity index (χ2v) is 5.86. The Morgan fingerprint density at radius 3 is 2.67 bits per heavy atom. The summed E-state index contributed by atoms with van der Waals surface area (Å²) in [6.07, 6.45) is 0. The van der Waals surface area contributed by atoms with Crippen molar-refractivity contribution in [3.8, 4) is 5.88 Å². The molecule has 0 bridgehead atoms. The minimum Gasteiger partial charge on any atom is -0.493 e. The summed E-state index contributed by atoms with van der Waals surface area (Å²) < 4.78 is 0. The molecule has 2 aromatic heterocycles. The standard InChI is InChI=1S/C14H8Cl3N5O2/c15-7-9(18)8(16)12(17)20-11(7)14(24)22-21-10-5-3-1-2-4-6(5)19-13(10)23/h1-4,19,23H,(H2,18,20)/p+1. The van der Waals surface area contributed by atoms with Crippen LogP contribution in [0, 0.1) is 0 Å². The Morgan fingerprint density at radius 2 is 1.92 bits per heavy atom. The minimum absolute atomic E-state index is 0.00410. The quantitative estimate of drug-likeness (QED) is 0.454. The number of fused-ring (bicyclic) bond motifs is 1. The van der Waals surface area contributed by atoms with Gasteiger partial charge in [0.15, 0.2) is 5.69 Å². The Labute approximate surface area is 150 Å². The Balaban J connectivity index is 2.01. The number of azo groups is 1. The molecule has 0 saturated heterocycles. The van der Waals surface area contributed by atoms with Crippen LogP contribution in [0.2, 0.25) is 15.2 Å². The van der Waals surface area contributed by atoms with Crippen molar-refractivity contribution in [3.63, 3.8) is 0 Å². The zero-order valence-electron chi connectivity index (χ0n) is 11.8. The van der Waals surface area contributed by atoms with Crippen molar-refractivity contribution in [2.75, 3.05) is 5.73 Å². The number of para-hydroxylation sites is 1. The zero-order valence-corrected chi connectivity index (χ0v) is 14.0. The average Bonchev–Trinajstić information content (AvgIpc) is 2.89. The predicted octanol–water partition coefficient (Wildman–Crippen LogP) is 4.15. The van der Waals surface area contributed by atoms with Gasteiger partial charge in [0.1, 0.15) is 10.0 Å². The number of nitrogen functional groups attached to an aromatic ring is 1. The first kappa shape index (κ1) is 16.5. The first-order chi connectivity index (χ1) is 11.4. The molecule has 1 amide bonds. The van der Waals surface area contributed by atoms with E-state index in [2.05, 4.69) is 20.2 Å². The molecule has 2 heterocycles. The maximum Gasteiger partial charge on any atom is 0.361 e. The summed E-state index contributed by atoms with van der Waals surface area (Å²) >= 11 is 17.6. The number of halogens is 3. The van der Waals surface area contributed by atoms with Crippen LogP contribution in [0.3, 0.4) is 0 Å². The molecule has 5 N–H and O–H groups in total. The summed E-state index contributed by atoms with van der Waals surface area (Å²) in [6, 6.07) is 7.03. The van der Waals surface area contributed by atoms with E-state index in [9.17, 15) is 9.90 Å². The number of aromatic hydroxyl groups is 1. The Bertz CT molecular complexity index is 1000. The molecule has 0 radical (unpaired) electrons. The van der Waals surface area contributed by atoms with Gasteiger partial charge in [-0.05, 0) is 17.7 Å². The number of nitrogens with zero attached hydrogens (tertiary/aromatic N) is 2. The lowest BCUT2D eigenvalue weighted by Gasteiger charge is -2.00. The second kappa shape index (κ2) is 6.27. The van der Waals surface area contributed by atoms with Gasteiger partial charge in [0.2, 0.25) is 5.88 Å². The molecule has 0 atom stereocenters. The summed E-state index contributed by atoms with van der Waals surface area (Å²) in [5, 5.41) is 17.7. The fraction of sp³-hybridized carbons (Fsp3) is 0. The van der Waals surface area contributed by atoms with Crippen LogP contribution in [-0.4, -0.2) is 16.0 Å². The fourth-order valence-electron chi connectivity index (χ4n) is 2.08. The zero-order chi connectivity index (χ0) is 17.4. The molecule has 0 saturated carbocycles. The van der Waals surface area contributed by atoms with Crippen LogP contribution in [0.5, 0.6) is 5.88 Å². The lowest BCUT2D eigenvalue weighted by atomic mass is 10.2. The van der Waals surface area contributed by atoms with Gasteiger partial charge < -0.3 is 15.8 Å². The van der Waals surface area contributed by atoms with Crippen LogP contribution < -0.4 is 10.7 Å². The van der Waals surface area contributed by atoms with Gasteiger partial charge in [0.05, 0.1) is 11.2 Å². The molecule has 24 heavy (non-hydrogen) atoms. The van der Waals surface area contributed by atoms with Gasteiger partial charge in [-0.15, -0.1) is 10.2 Å². The van der Waals surface area contributed by atoms with E-state index in [-0.39, 0.29) is 38.1 Å². The number of aromatic nitrogens is 2. The number of hydrogen-bond acceptors (Lipinski definition) is 4. The highest BCUT2D eigenvalue weighted by atomic mass is 35.5. The van der Waals surface area contributed by atoms with Crippen LogP contribution >= 0.6 is 34.8 Å². The maximum absolute atomic E-state index is 12.2. The van der Waals surface area contributed by atoms with Gasteiger partial charge in [-0.2, -0.15) is 4.98 Å². The number of benzene rings is 1. The monoisotopic (exact) mass is 384 g/mol. The number of rotatable bonds is 2. The highest BCUT2D eigenvalue weighted by Crippen LogP contribution is 2.36. The number of H-pyrrole nitrogens is 2. The molecular weight excluding hydrogens is 377 g/mol. The highest BCUT2D eigenvalue weighted by Gasteiger charge is 2.26. The maximum atomic E-state index is 12.2. The number of carbonyl (C=O) groups excluding carboxylic acids is 1. The summed E-state index contributed by atoms with van der Waals surface area (Å²) in [5.41, 5.74) is 6.25. The second-order valence-electron chi connectivity index (χ2n) is 4.73. The van der Waals surface area contributed by atoms with Crippen molar-refractivity contribution >= 4 is 63.0 Å². The van der Waals surface area contributed by atoms with E-state index in [4.69, 9.17) is 40.5 Å². The van der Waals surface area contributed by atoms with Gasteiger partial charge in [-0.25, -0.2) is 0 Å². The lowest BCUT2D eigenvalue weighted by molar-refractivity contribution is -0.378. The topological polar surface area (TPSA) is 118 Å². The average molecular weight is 386 g/mol. The Kier molecular flexibility index (Phi) is 4.31. The van der Waals surface area contributed by atoms with Crippen LogP contribution in [-0.2, 0) is 0 Å². The minimum atomic E-state index is -0.824. The summed E-state index contributed by atoms with van der Waals surface area (Å²) in [6.45, 7) is 0. The molecule has 0 unspecified atom stereocenters. The van der Waals surface area contributed by atoms with Crippen LogP contribution in [0.4, 0.5) is 11.4 Å². The molecule has 122 valence electrons. The van der Waals surface area contributed by atoms with E-state index in [1.54, 1.807) is 24.3 Å². The molecule has 7 nitrogen and oxygen atoms in total. The van der Waals surface area contributed by atoms with Crippen molar-refractivity contribution in [2.24, 2.45) is 10.2 Å². The van der Waals surface area contributed by atoms with Crippen molar-refractivity contribution in [2.45, 2.75) is 0 Å². The van der Waals surface area contributed by atoms with Crippen LogP contribution in [0.1, 0.15) is 10.5 Å². The molecule has 0 aliphatic rings. The normalized spacial score (nSPS) is 11.5. The molecule has 0 aliphatic carbocycles. The van der Waals surface area contributed by atoms with Crippen molar-refractivity contribution in [1.82, 2.24) is 4.98 Å². The molecule has 3 aromatic rings. The van der Waals surface area contributed by atoms with Crippen LogP contribution in [0.15, 0.2) is 34.5 Å². The number of nitrogens with one attached hydrogen (secondary N) is 2. The summed E-state index contributed by atoms with van der Waals surface area (Å²) in [7, 11) is 0. The van der Waals surface area contributed by atoms with E-state index < -0.39 is 5.91 Å². The molecule has 1 aromatic carbocycles. The Hall–Kier alpha value is -2.35. The van der Waals surface area contributed by atoms with Crippen molar-refractivity contribution in [3.05, 3.63) is 45.2 Å². The smallest absolute Gasteiger partial charge is 0.361 e. The van der Waals surface area contributed by atoms with E-state index in [0.29, 0.717) is 10.9 Å². The van der Waals surface area contributed by atoms with Crippen molar-refractivity contribution < 1.29 is 14.9 Å². The van der Waals surface area contributed by atoms with E-state index in [1.807, 2.05) is 0 Å². The number of carbonyl (C=O) groups is 1. The summed E-state index contributed by atoms with van der Waals surface area (Å²) in [5.74, 6) is -1.04. The fourth-order valence-corrected chi connectivity index (χ4v) is 2.68.